The molecule has 156 valence electrons. The van der Waals surface area contributed by atoms with Crippen molar-refractivity contribution in [2.75, 3.05) is 0 Å². The molecule has 0 bridgehead atoms. The number of para-hydroxylation sites is 1. The van der Waals surface area contributed by atoms with Gasteiger partial charge in [0.05, 0.1) is 22.2 Å². The molecule has 1 aliphatic rings. The lowest BCUT2D eigenvalue weighted by atomic mass is 9.70. The van der Waals surface area contributed by atoms with E-state index in [1.165, 1.54) is 0 Å². The number of hydrogen-bond donors (Lipinski definition) is 1. The molecule has 0 aliphatic carbocycles. The number of aliphatic hydroxyl groups is 1. The number of halogens is 1. The van der Waals surface area contributed by atoms with Gasteiger partial charge in [0.25, 0.3) is 0 Å². The molecule has 3 aromatic carbocycles. The van der Waals surface area contributed by atoms with Gasteiger partial charge in [-0.3, -0.25) is 9.36 Å². The summed E-state index contributed by atoms with van der Waals surface area (Å²) in [6.45, 7) is 5.49. The fourth-order valence-electron chi connectivity index (χ4n) is 5.18. The number of nitrogens with zero attached hydrogens (tertiary/aromatic N) is 1. The second-order valence-corrected chi connectivity index (χ2v) is 10.2. The molecule has 1 aliphatic heterocycles. The summed E-state index contributed by atoms with van der Waals surface area (Å²) >= 11 is 3.60. The van der Waals surface area contributed by atoms with Crippen molar-refractivity contribution in [3.8, 4) is 22.4 Å². The van der Waals surface area contributed by atoms with Gasteiger partial charge in [-0.15, -0.1) is 0 Å². The Balaban J connectivity index is 1.94. The Kier molecular flexibility index (Phi) is 4.51. The van der Waals surface area contributed by atoms with Crippen molar-refractivity contribution in [2.24, 2.45) is 0 Å². The molecule has 0 radical (unpaired) electrons. The number of fused-ring (bicyclic) bond motifs is 5. The third-order valence-electron chi connectivity index (χ3n) is 6.23. The first kappa shape index (κ1) is 20.2. The van der Waals surface area contributed by atoms with E-state index < -0.39 is 11.0 Å². The largest absolute Gasteiger partial charge is 0.390 e. The van der Waals surface area contributed by atoms with E-state index in [-0.39, 0.29) is 5.91 Å². The maximum Gasteiger partial charge on any atom is 0.242 e. The number of aromatic nitrogens is 1. The van der Waals surface area contributed by atoms with Crippen LogP contribution in [-0.2, 0) is 5.41 Å². The van der Waals surface area contributed by atoms with Crippen LogP contribution in [0.2, 0.25) is 0 Å². The van der Waals surface area contributed by atoms with Gasteiger partial charge in [0.2, 0.25) is 5.91 Å². The first-order chi connectivity index (χ1) is 14.7. The third kappa shape index (κ3) is 3.08. The third-order valence-corrected chi connectivity index (χ3v) is 6.72. The van der Waals surface area contributed by atoms with Crippen LogP contribution in [-0.4, -0.2) is 21.2 Å². The lowest BCUT2D eigenvalue weighted by Gasteiger charge is -2.39. The highest BCUT2D eigenvalue weighted by atomic mass is 79.9. The summed E-state index contributed by atoms with van der Waals surface area (Å²) < 4.78 is 2.80. The molecular weight excluding hydrogens is 450 g/mol. The fourth-order valence-corrected chi connectivity index (χ4v) is 5.54. The number of hydrogen-bond acceptors (Lipinski definition) is 2. The first-order valence-corrected chi connectivity index (χ1v) is 11.3. The molecule has 0 saturated carbocycles. The van der Waals surface area contributed by atoms with E-state index in [1.54, 1.807) is 13.8 Å². The number of carbonyl (C=O) groups excluding carboxylic acids is 1. The highest BCUT2D eigenvalue weighted by Gasteiger charge is 2.47. The normalized spacial score (nSPS) is 18.2. The Bertz CT molecular complexity index is 1330. The van der Waals surface area contributed by atoms with Crippen LogP contribution in [0, 0.1) is 0 Å². The van der Waals surface area contributed by atoms with E-state index in [0.29, 0.717) is 6.42 Å². The summed E-state index contributed by atoms with van der Waals surface area (Å²) in [7, 11) is 0. The molecule has 1 N–H and O–H groups in total. The Morgan fingerprint density at radius 1 is 1.00 bits per heavy atom. The number of carbonyl (C=O) groups is 1. The average Bonchev–Trinajstić information content (AvgIpc) is 3.07. The predicted molar refractivity (Wildman–Crippen MR) is 129 cm³/mol. The minimum Gasteiger partial charge on any atom is -0.390 e. The van der Waals surface area contributed by atoms with Crippen LogP contribution < -0.4 is 0 Å². The fraction of sp³-hybridized carbons (Fsp3) is 0.222. The van der Waals surface area contributed by atoms with Crippen molar-refractivity contribution >= 4 is 32.7 Å². The van der Waals surface area contributed by atoms with Gasteiger partial charge in [0, 0.05) is 21.0 Å². The van der Waals surface area contributed by atoms with Gasteiger partial charge in [-0.2, -0.15) is 0 Å². The van der Waals surface area contributed by atoms with Gasteiger partial charge in [-0.05, 0) is 56.5 Å². The monoisotopic (exact) mass is 473 g/mol. The zero-order chi connectivity index (χ0) is 22.0. The van der Waals surface area contributed by atoms with E-state index in [1.807, 2.05) is 60.0 Å². The lowest BCUT2D eigenvalue weighted by Crippen LogP contribution is -2.45. The second-order valence-electron chi connectivity index (χ2n) is 9.26. The Hall–Kier alpha value is -2.69. The standard InChI is InChI=1S/C27H24BrNO2/c1-26(2,31)16-27(3)21-15-18(28)13-14-19(21)24-23(17-9-5-4-6-10-17)20-11-7-8-12-22(20)29(24)25(27)30/h4-15,31H,16H2,1-3H3/t27-/m1/s1. The van der Waals surface area contributed by atoms with Crippen LogP contribution in [0.3, 0.4) is 0 Å². The summed E-state index contributed by atoms with van der Waals surface area (Å²) in [4.78, 5) is 14.2. The SMILES string of the molecule is CC(C)(O)C[C@@]1(C)C(=O)n2c(c(-c3ccccc3)c3ccccc32)-c2ccc(Br)cc21. The molecule has 3 nitrogen and oxygen atoms in total. The van der Waals surface area contributed by atoms with Crippen molar-refractivity contribution in [2.45, 2.75) is 38.2 Å². The number of benzene rings is 3. The van der Waals surface area contributed by atoms with Gasteiger partial charge < -0.3 is 5.11 Å². The molecule has 0 fully saturated rings. The molecule has 0 spiro atoms. The Morgan fingerprint density at radius 2 is 1.68 bits per heavy atom. The highest BCUT2D eigenvalue weighted by Crippen LogP contribution is 2.51. The first-order valence-electron chi connectivity index (χ1n) is 10.5. The van der Waals surface area contributed by atoms with Gasteiger partial charge in [-0.25, -0.2) is 0 Å². The second kappa shape index (κ2) is 6.91. The quantitative estimate of drug-likeness (QED) is 0.355. The van der Waals surface area contributed by atoms with Crippen molar-refractivity contribution in [3.05, 3.63) is 82.8 Å². The van der Waals surface area contributed by atoms with Crippen molar-refractivity contribution < 1.29 is 9.90 Å². The van der Waals surface area contributed by atoms with Crippen molar-refractivity contribution in [1.82, 2.24) is 4.57 Å². The van der Waals surface area contributed by atoms with Crippen LogP contribution in [0.1, 0.15) is 37.6 Å². The minimum atomic E-state index is -0.993. The summed E-state index contributed by atoms with van der Waals surface area (Å²) in [6.07, 6.45) is 0.328. The van der Waals surface area contributed by atoms with E-state index in [4.69, 9.17) is 0 Å². The molecular formula is C27H24BrNO2. The number of rotatable bonds is 3. The van der Waals surface area contributed by atoms with E-state index >= 15 is 0 Å². The molecule has 0 amide bonds. The van der Waals surface area contributed by atoms with Crippen molar-refractivity contribution in [3.63, 3.8) is 0 Å². The zero-order valence-corrected chi connectivity index (χ0v) is 19.4. The zero-order valence-electron chi connectivity index (χ0n) is 17.8. The molecule has 0 unspecified atom stereocenters. The molecule has 4 heteroatoms. The molecule has 0 saturated heterocycles. The summed E-state index contributed by atoms with van der Waals surface area (Å²) in [5.74, 6) is -0.00592. The summed E-state index contributed by atoms with van der Waals surface area (Å²) in [5, 5.41) is 11.8. The van der Waals surface area contributed by atoms with Gasteiger partial charge in [0.1, 0.15) is 0 Å². The van der Waals surface area contributed by atoms with Gasteiger partial charge >= 0.3 is 0 Å². The van der Waals surface area contributed by atoms with E-state index in [0.717, 1.165) is 43.3 Å². The molecule has 2 heterocycles. The summed E-state index contributed by atoms with van der Waals surface area (Å²) in [5.41, 5.74) is 4.10. The van der Waals surface area contributed by atoms with Crippen LogP contribution in [0.25, 0.3) is 33.3 Å². The van der Waals surface area contributed by atoms with Crippen LogP contribution in [0.15, 0.2) is 77.3 Å². The predicted octanol–water partition coefficient (Wildman–Crippen LogP) is 6.81. The summed E-state index contributed by atoms with van der Waals surface area (Å²) in [6, 6.07) is 24.5. The Morgan fingerprint density at radius 3 is 2.39 bits per heavy atom. The van der Waals surface area contributed by atoms with Crippen molar-refractivity contribution in [1.29, 1.82) is 0 Å². The Labute approximate surface area is 190 Å². The molecule has 5 rings (SSSR count). The molecule has 4 aromatic rings. The average molecular weight is 474 g/mol. The van der Waals surface area contributed by atoms with Crippen LogP contribution in [0.4, 0.5) is 0 Å². The van der Waals surface area contributed by atoms with Gasteiger partial charge in [-0.1, -0.05) is 70.5 Å². The maximum absolute atomic E-state index is 14.2. The minimum absolute atomic E-state index is 0.00592. The lowest BCUT2D eigenvalue weighted by molar-refractivity contribution is 0.0378. The van der Waals surface area contributed by atoms with E-state index in [2.05, 4.69) is 40.2 Å². The molecule has 31 heavy (non-hydrogen) atoms. The smallest absolute Gasteiger partial charge is 0.242 e. The molecule has 1 atom stereocenters. The van der Waals surface area contributed by atoms with E-state index in [9.17, 15) is 9.90 Å². The van der Waals surface area contributed by atoms with Crippen LogP contribution >= 0.6 is 15.9 Å². The molecule has 1 aromatic heterocycles. The van der Waals surface area contributed by atoms with Gasteiger partial charge in [0.15, 0.2) is 0 Å². The highest BCUT2D eigenvalue weighted by molar-refractivity contribution is 9.10. The maximum atomic E-state index is 14.2. The topological polar surface area (TPSA) is 42.2 Å². The van der Waals surface area contributed by atoms with Crippen LogP contribution in [0.5, 0.6) is 0 Å².